The fourth-order valence-corrected chi connectivity index (χ4v) is 2.81. The van der Waals surface area contributed by atoms with Crippen molar-refractivity contribution >= 4 is 17.2 Å². The van der Waals surface area contributed by atoms with Crippen molar-refractivity contribution in [3.63, 3.8) is 0 Å². The van der Waals surface area contributed by atoms with Gasteiger partial charge in [0.1, 0.15) is 12.4 Å². The average molecular weight is 319 g/mol. The molecule has 1 aliphatic heterocycles. The average Bonchev–Trinajstić information content (AvgIpc) is 3.20. The monoisotopic (exact) mass is 319 g/mol. The molecule has 1 amide bonds. The number of amides is 1. The molecule has 6 heteroatoms. The molecule has 3 rings (SSSR count). The highest BCUT2D eigenvalue weighted by molar-refractivity contribution is 7.07. The van der Waals surface area contributed by atoms with Gasteiger partial charge in [0.25, 0.3) is 0 Å². The van der Waals surface area contributed by atoms with E-state index in [0.29, 0.717) is 31.1 Å². The SMILES string of the molecule is O=C(CCc1ccsc1)NCCOc1ccc2c(c1)OCO2. The molecule has 1 aliphatic rings. The van der Waals surface area contributed by atoms with Crippen LogP contribution in [0.3, 0.4) is 0 Å². The molecule has 1 N–H and O–H groups in total. The van der Waals surface area contributed by atoms with Crippen molar-refractivity contribution in [3.05, 3.63) is 40.6 Å². The van der Waals surface area contributed by atoms with E-state index < -0.39 is 0 Å². The second-order valence-electron chi connectivity index (χ2n) is 4.85. The Bertz CT molecular complexity index is 627. The molecular formula is C16H17NO4S. The molecular weight excluding hydrogens is 302 g/mol. The second kappa shape index (κ2) is 7.17. The standard InChI is InChI=1S/C16H17NO4S/c18-16(4-1-12-5-8-22-10-12)17-6-7-19-13-2-3-14-15(9-13)21-11-20-14/h2-3,5,8-10H,1,4,6-7,11H2,(H,17,18). The molecule has 2 aromatic rings. The maximum Gasteiger partial charge on any atom is 0.231 e. The Balaban J connectivity index is 1.34. The van der Waals surface area contributed by atoms with Gasteiger partial charge in [-0.3, -0.25) is 4.79 Å². The van der Waals surface area contributed by atoms with Gasteiger partial charge in [-0.05, 0) is 40.9 Å². The van der Waals surface area contributed by atoms with E-state index in [2.05, 4.69) is 10.7 Å². The second-order valence-corrected chi connectivity index (χ2v) is 5.63. The van der Waals surface area contributed by atoms with Crippen LogP contribution in [-0.4, -0.2) is 25.9 Å². The quantitative estimate of drug-likeness (QED) is 0.797. The Kier molecular flexibility index (Phi) is 4.80. The molecule has 0 radical (unpaired) electrons. The van der Waals surface area contributed by atoms with E-state index in [9.17, 15) is 4.79 Å². The van der Waals surface area contributed by atoms with Gasteiger partial charge in [-0.15, -0.1) is 0 Å². The molecule has 0 saturated carbocycles. The first-order valence-electron chi connectivity index (χ1n) is 7.11. The number of rotatable bonds is 7. The Morgan fingerprint density at radius 3 is 3.05 bits per heavy atom. The summed E-state index contributed by atoms with van der Waals surface area (Å²) >= 11 is 1.65. The molecule has 2 heterocycles. The first-order valence-corrected chi connectivity index (χ1v) is 8.06. The minimum atomic E-state index is 0.0421. The topological polar surface area (TPSA) is 56.8 Å². The molecule has 0 saturated heterocycles. The van der Waals surface area contributed by atoms with Gasteiger partial charge >= 0.3 is 0 Å². The molecule has 1 aromatic carbocycles. The fourth-order valence-electron chi connectivity index (χ4n) is 2.11. The van der Waals surface area contributed by atoms with E-state index in [1.54, 1.807) is 17.4 Å². The molecule has 22 heavy (non-hydrogen) atoms. The van der Waals surface area contributed by atoms with E-state index in [4.69, 9.17) is 14.2 Å². The van der Waals surface area contributed by atoms with Gasteiger partial charge in [0, 0.05) is 12.5 Å². The highest BCUT2D eigenvalue weighted by atomic mass is 32.1. The van der Waals surface area contributed by atoms with Crippen molar-refractivity contribution in [1.29, 1.82) is 0 Å². The lowest BCUT2D eigenvalue weighted by Crippen LogP contribution is -2.28. The summed E-state index contributed by atoms with van der Waals surface area (Å²) in [6, 6.07) is 7.48. The largest absolute Gasteiger partial charge is 0.492 e. The Labute approximate surface area is 132 Å². The van der Waals surface area contributed by atoms with Crippen molar-refractivity contribution < 1.29 is 19.0 Å². The summed E-state index contributed by atoms with van der Waals surface area (Å²) in [5.74, 6) is 2.17. The molecule has 116 valence electrons. The van der Waals surface area contributed by atoms with Crippen LogP contribution in [0.2, 0.25) is 0 Å². The van der Waals surface area contributed by atoms with Crippen molar-refractivity contribution in [2.75, 3.05) is 19.9 Å². The van der Waals surface area contributed by atoms with E-state index in [0.717, 1.165) is 12.2 Å². The molecule has 0 aliphatic carbocycles. The Hall–Kier alpha value is -2.21. The zero-order chi connectivity index (χ0) is 15.2. The molecule has 0 atom stereocenters. The highest BCUT2D eigenvalue weighted by Crippen LogP contribution is 2.34. The maximum absolute atomic E-state index is 11.7. The lowest BCUT2D eigenvalue weighted by Gasteiger charge is -2.08. The lowest BCUT2D eigenvalue weighted by molar-refractivity contribution is -0.121. The first-order chi connectivity index (χ1) is 10.8. The van der Waals surface area contributed by atoms with E-state index in [1.165, 1.54) is 5.56 Å². The number of fused-ring (bicyclic) bond motifs is 1. The van der Waals surface area contributed by atoms with Crippen LogP contribution in [-0.2, 0) is 11.2 Å². The van der Waals surface area contributed by atoms with Gasteiger partial charge in [0.2, 0.25) is 12.7 Å². The summed E-state index contributed by atoms with van der Waals surface area (Å²) in [6.45, 7) is 1.15. The number of carbonyl (C=O) groups is 1. The third kappa shape index (κ3) is 3.92. The predicted molar refractivity (Wildman–Crippen MR) is 83.7 cm³/mol. The minimum absolute atomic E-state index is 0.0421. The number of hydrogen-bond donors (Lipinski definition) is 1. The van der Waals surface area contributed by atoms with Crippen LogP contribution in [0.25, 0.3) is 0 Å². The molecule has 0 fully saturated rings. The Morgan fingerprint density at radius 2 is 2.18 bits per heavy atom. The number of carbonyl (C=O) groups excluding carboxylic acids is 1. The van der Waals surface area contributed by atoms with Gasteiger partial charge in [0.05, 0.1) is 6.54 Å². The van der Waals surface area contributed by atoms with Crippen molar-refractivity contribution in [2.24, 2.45) is 0 Å². The van der Waals surface area contributed by atoms with Gasteiger partial charge < -0.3 is 19.5 Å². The van der Waals surface area contributed by atoms with Crippen LogP contribution in [0.15, 0.2) is 35.0 Å². The normalized spacial score (nSPS) is 12.2. The number of benzene rings is 1. The van der Waals surface area contributed by atoms with Gasteiger partial charge in [-0.2, -0.15) is 11.3 Å². The van der Waals surface area contributed by atoms with Crippen molar-refractivity contribution in [1.82, 2.24) is 5.32 Å². The van der Waals surface area contributed by atoms with Crippen LogP contribution >= 0.6 is 11.3 Å². The smallest absolute Gasteiger partial charge is 0.231 e. The van der Waals surface area contributed by atoms with E-state index >= 15 is 0 Å². The van der Waals surface area contributed by atoms with Crippen molar-refractivity contribution in [2.45, 2.75) is 12.8 Å². The summed E-state index contributed by atoms with van der Waals surface area (Å²) in [5.41, 5.74) is 1.21. The Morgan fingerprint density at radius 1 is 1.27 bits per heavy atom. The summed E-state index contributed by atoms with van der Waals surface area (Å²) in [4.78, 5) is 11.7. The third-order valence-electron chi connectivity index (χ3n) is 3.26. The van der Waals surface area contributed by atoms with Gasteiger partial charge in [-0.1, -0.05) is 0 Å². The summed E-state index contributed by atoms with van der Waals surface area (Å²) in [7, 11) is 0. The lowest BCUT2D eigenvalue weighted by atomic mass is 10.2. The van der Waals surface area contributed by atoms with Gasteiger partial charge in [-0.25, -0.2) is 0 Å². The third-order valence-corrected chi connectivity index (χ3v) is 3.99. The van der Waals surface area contributed by atoms with Crippen LogP contribution in [0, 0.1) is 0 Å². The molecule has 0 unspecified atom stereocenters. The summed E-state index contributed by atoms with van der Waals surface area (Å²) < 4.78 is 16.1. The van der Waals surface area contributed by atoms with Crippen LogP contribution in [0.4, 0.5) is 0 Å². The highest BCUT2D eigenvalue weighted by Gasteiger charge is 2.13. The maximum atomic E-state index is 11.7. The number of hydrogen-bond acceptors (Lipinski definition) is 5. The fraction of sp³-hybridized carbons (Fsp3) is 0.312. The van der Waals surface area contributed by atoms with Crippen molar-refractivity contribution in [3.8, 4) is 17.2 Å². The molecule has 1 aromatic heterocycles. The van der Waals surface area contributed by atoms with Crippen LogP contribution < -0.4 is 19.5 Å². The number of aryl methyl sites for hydroxylation is 1. The van der Waals surface area contributed by atoms with Gasteiger partial charge in [0.15, 0.2) is 11.5 Å². The van der Waals surface area contributed by atoms with E-state index in [-0.39, 0.29) is 12.7 Å². The van der Waals surface area contributed by atoms with E-state index in [1.807, 2.05) is 23.6 Å². The predicted octanol–water partition coefficient (Wildman–Crippen LogP) is 2.60. The number of ether oxygens (including phenoxy) is 3. The van der Waals surface area contributed by atoms with Crippen LogP contribution in [0.1, 0.15) is 12.0 Å². The molecule has 0 spiro atoms. The zero-order valence-corrected chi connectivity index (χ0v) is 12.9. The number of thiophene rings is 1. The summed E-state index contributed by atoms with van der Waals surface area (Å²) in [6.07, 6.45) is 1.28. The molecule has 5 nitrogen and oxygen atoms in total. The molecule has 0 bridgehead atoms. The number of nitrogens with one attached hydrogen (secondary N) is 1. The first kappa shape index (κ1) is 14.7. The summed E-state index contributed by atoms with van der Waals surface area (Å²) in [5, 5.41) is 6.94. The van der Waals surface area contributed by atoms with Crippen LogP contribution in [0.5, 0.6) is 17.2 Å². The minimum Gasteiger partial charge on any atom is -0.492 e. The zero-order valence-electron chi connectivity index (χ0n) is 12.0.